The highest BCUT2D eigenvalue weighted by atomic mass is 35.5. The summed E-state index contributed by atoms with van der Waals surface area (Å²) in [5, 5.41) is 10.0. The number of ether oxygens (including phenoxy) is 1. The third-order valence-corrected chi connectivity index (χ3v) is 6.63. The van der Waals surface area contributed by atoms with E-state index in [1.54, 1.807) is 33.9 Å². The lowest BCUT2D eigenvalue weighted by Crippen LogP contribution is -2.16. The maximum atomic E-state index is 13.5. The molecule has 0 saturated heterocycles. The lowest BCUT2D eigenvalue weighted by Gasteiger charge is -2.26. The molecule has 0 saturated carbocycles. The van der Waals surface area contributed by atoms with Crippen LogP contribution in [0.3, 0.4) is 0 Å². The Bertz CT molecular complexity index is 1800. The van der Waals surface area contributed by atoms with Crippen LogP contribution in [-0.4, -0.2) is 34.3 Å². The van der Waals surface area contributed by atoms with Gasteiger partial charge in [0.1, 0.15) is 12.1 Å². The molecule has 1 atom stereocenters. The standard InChI is InChI=1S/C27H17ClFN7O/c1-15-21-22(17-4-3-11-30-13-17)23-25-32-24(16-7-9-19(29)10-8-16)34-35(25)14-31-26(23)37-27(21)36(33-15)20-6-2-5-18(28)12-20/h2-14,22H,1H3. The smallest absolute Gasteiger partial charge is 0.230 e. The van der Waals surface area contributed by atoms with E-state index in [-0.39, 0.29) is 11.7 Å². The molecule has 8 nitrogen and oxygen atoms in total. The van der Waals surface area contributed by atoms with Gasteiger partial charge in [-0.05, 0) is 61.0 Å². The average Bonchev–Trinajstić information content (AvgIpc) is 3.50. The van der Waals surface area contributed by atoms with Crippen LogP contribution >= 0.6 is 11.6 Å². The monoisotopic (exact) mass is 509 g/mol. The summed E-state index contributed by atoms with van der Waals surface area (Å²) in [6.45, 7) is 1.94. The number of nitrogens with zero attached hydrogens (tertiary/aromatic N) is 7. The summed E-state index contributed by atoms with van der Waals surface area (Å²) in [6, 6.07) is 17.4. The second-order valence-electron chi connectivity index (χ2n) is 8.69. The van der Waals surface area contributed by atoms with Crippen LogP contribution in [0.5, 0.6) is 11.8 Å². The first kappa shape index (κ1) is 21.6. The van der Waals surface area contributed by atoms with Gasteiger partial charge in [0.2, 0.25) is 11.8 Å². The average molecular weight is 510 g/mol. The molecule has 1 aliphatic rings. The Hall–Kier alpha value is -4.63. The molecule has 10 heteroatoms. The third-order valence-electron chi connectivity index (χ3n) is 6.39. The van der Waals surface area contributed by atoms with E-state index in [0.29, 0.717) is 33.8 Å². The Balaban J connectivity index is 1.48. The van der Waals surface area contributed by atoms with Crippen molar-refractivity contribution in [1.82, 2.24) is 34.3 Å². The van der Waals surface area contributed by atoms with Crippen LogP contribution in [0.15, 0.2) is 79.4 Å². The molecule has 0 bridgehead atoms. The van der Waals surface area contributed by atoms with E-state index in [2.05, 4.69) is 15.1 Å². The molecule has 180 valence electrons. The SMILES string of the molecule is Cc1nn(-c2cccc(Cl)c2)c2c1C(c1cccnc1)c1c(ncn3nc(-c4ccc(F)cc4)nc13)O2. The Labute approximate surface area is 215 Å². The van der Waals surface area contributed by atoms with Gasteiger partial charge in [-0.15, -0.1) is 5.10 Å². The van der Waals surface area contributed by atoms with Crippen LogP contribution in [0.4, 0.5) is 4.39 Å². The zero-order chi connectivity index (χ0) is 25.1. The number of hydrogen-bond donors (Lipinski definition) is 0. The highest BCUT2D eigenvalue weighted by Crippen LogP contribution is 2.49. The molecule has 4 aromatic heterocycles. The van der Waals surface area contributed by atoms with E-state index >= 15 is 0 Å². The number of halogens is 2. The van der Waals surface area contributed by atoms with Crippen molar-refractivity contribution in [2.75, 3.05) is 0 Å². The maximum absolute atomic E-state index is 13.5. The number of aromatic nitrogens is 7. The minimum atomic E-state index is -0.323. The zero-order valence-electron chi connectivity index (χ0n) is 19.4. The van der Waals surface area contributed by atoms with E-state index < -0.39 is 0 Å². The number of rotatable bonds is 3. The number of aryl methyl sites for hydroxylation is 1. The fourth-order valence-corrected chi connectivity index (χ4v) is 4.95. The first-order valence-electron chi connectivity index (χ1n) is 11.5. The maximum Gasteiger partial charge on any atom is 0.230 e. The summed E-state index contributed by atoms with van der Waals surface area (Å²) < 4.78 is 23.3. The molecule has 7 rings (SSSR count). The molecule has 5 heterocycles. The Morgan fingerprint density at radius 2 is 1.86 bits per heavy atom. The van der Waals surface area contributed by atoms with Crippen LogP contribution < -0.4 is 4.74 Å². The normalized spacial score (nSPS) is 14.3. The van der Waals surface area contributed by atoms with Gasteiger partial charge >= 0.3 is 0 Å². The molecular weight excluding hydrogens is 493 g/mol. The highest BCUT2D eigenvalue weighted by Gasteiger charge is 2.38. The van der Waals surface area contributed by atoms with Crippen molar-refractivity contribution in [2.45, 2.75) is 12.8 Å². The van der Waals surface area contributed by atoms with Crippen molar-refractivity contribution in [1.29, 1.82) is 0 Å². The molecule has 0 N–H and O–H groups in total. The summed E-state index contributed by atoms with van der Waals surface area (Å²) in [4.78, 5) is 13.8. The molecular formula is C27H17ClFN7O. The minimum absolute atomic E-state index is 0.318. The lowest BCUT2D eigenvalue weighted by atomic mass is 9.85. The van der Waals surface area contributed by atoms with Crippen LogP contribution in [0.25, 0.3) is 22.7 Å². The summed E-state index contributed by atoms with van der Waals surface area (Å²) in [5.41, 5.74) is 5.39. The van der Waals surface area contributed by atoms with Crippen molar-refractivity contribution >= 4 is 17.2 Å². The summed E-state index contributed by atoms with van der Waals surface area (Å²) in [5.74, 6) is 0.766. The van der Waals surface area contributed by atoms with Gasteiger partial charge in [-0.2, -0.15) is 5.10 Å². The fraction of sp³-hybridized carbons (Fsp3) is 0.0741. The first-order chi connectivity index (χ1) is 18.1. The van der Waals surface area contributed by atoms with Gasteiger partial charge in [-0.25, -0.2) is 23.6 Å². The quantitative estimate of drug-likeness (QED) is 0.301. The lowest BCUT2D eigenvalue weighted by molar-refractivity contribution is 0.402. The van der Waals surface area contributed by atoms with E-state index in [1.807, 2.05) is 49.5 Å². The molecule has 2 aromatic carbocycles. The topological polar surface area (TPSA) is 83.0 Å². The molecule has 0 aliphatic carbocycles. The molecule has 0 fully saturated rings. The molecule has 0 radical (unpaired) electrons. The number of benzene rings is 2. The Morgan fingerprint density at radius 1 is 1.00 bits per heavy atom. The van der Waals surface area contributed by atoms with Crippen LogP contribution in [0, 0.1) is 12.7 Å². The van der Waals surface area contributed by atoms with Gasteiger partial charge in [0.15, 0.2) is 11.5 Å². The van der Waals surface area contributed by atoms with Crippen molar-refractivity contribution in [2.24, 2.45) is 0 Å². The second-order valence-corrected chi connectivity index (χ2v) is 9.13. The van der Waals surface area contributed by atoms with Gasteiger partial charge < -0.3 is 4.74 Å². The minimum Gasteiger partial charge on any atom is -0.420 e. The Morgan fingerprint density at radius 3 is 2.65 bits per heavy atom. The molecule has 6 aromatic rings. The number of hydrogen-bond acceptors (Lipinski definition) is 6. The van der Waals surface area contributed by atoms with E-state index in [9.17, 15) is 4.39 Å². The van der Waals surface area contributed by atoms with Crippen LogP contribution in [0.2, 0.25) is 5.02 Å². The van der Waals surface area contributed by atoms with Crippen molar-refractivity contribution < 1.29 is 9.13 Å². The molecule has 1 aliphatic heterocycles. The predicted octanol–water partition coefficient (Wildman–Crippen LogP) is 5.76. The molecule has 37 heavy (non-hydrogen) atoms. The van der Waals surface area contributed by atoms with Crippen LogP contribution in [0.1, 0.15) is 28.3 Å². The third kappa shape index (κ3) is 3.47. The van der Waals surface area contributed by atoms with E-state index in [0.717, 1.165) is 28.1 Å². The van der Waals surface area contributed by atoms with Gasteiger partial charge in [0, 0.05) is 23.0 Å². The molecule has 0 amide bonds. The number of pyridine rings is 1. The van der Waals surface area contributed by atoms with Crippen molar-refractivity contribution in [3.63, 3.8) is 0 Å². The second kappa shape index (κ2) is 8.21. The van der Waals surface area contributed by atoms with Gasteiger partial charge in [0.05, 0.1) is 28.4 Å². The van der Waals surface area contributed by atoms with E-state index in [1.165, 1.54) is 12.1 Å². The van der Waals surface area contributed by atoms with Crippen molar-refractivity contribution in [3.8, 4) is 28.8 Å². The highest BCUT2D eigenvalue weighted by molar-refractivity contribution is 6.30. The summed E-state index contributed by atoms with van der Waals surface area (Å²) in [7, 11) is 0. The molecule has 0 spiro atoms. The summed E-state index contributed by atoms with van der Waals surface area (Å²) >= 11 is 6.28. The Kier molecular flexibility index (Phi) is 4.80. The zero-order valence-corrected chi connectivity index (χ0v) is 20.1. The van der Waals surface area contributed by atoms with Crippen LogP contribution in [-0.2, 0) is 0 Å². The van der Waals surface area contributed by atoms with Gasteiger partial charge in [-0.1, -0.05) is 23.7 Å². The number of fused-ring (bicyclic) bond motifs is 4. The largest absolute Gasteiger partial charge is 0.420 e. The first-order valence-corrected chi connectivity index (χ1v) is 11.9. The summed E-state index contributed by atoms with van der Waals surface area (Å²) in [6.07, 6.45) is 5.11. The van der Waals surface area contributed by atoms with E-state index in [4.69, 9.17) is 26.4 Å². The van der Waals surface area contributed by atoms with Gasteiger partial charge in [0.25, 0.3) is 0 Å². The predicted molar refractivity (Wildman–Crippen MR) is 135 cm³/mol. The molecule has 1 unspecified atom stereocenters. The fourth-order valence-electron chi connectivity index (χ4n) is 4.76. The van der Waals surface area contributed by atoms with Gasteiger partial charge in [-0.3, -0.25) is 4.98 Å². The van der Waals surface area contributed by atoms with Crippen molar-refractivity contribution in [3.05, 3.63) is 113 Å².